The Hall–Kier alpha value is -3.75. The maximum Gasteiger partial charge on any atom is 0.306 e. The molecule has 0 aliphatic heterocycles. The van der Waals surface area contributed by atoms with Crippen molar-refractivity contribution in [3.8, 4) is 17.2 Å². The van der Waals surface area contributed by atoms with Crippen LogP contribution in [-0.2, 0) is 19.1 Å². The highest BCUT2D eigenvalue weighted by Crippen LogP contribution is 2.29. The lowest BCUT2D eigenvalue weighted by molar-refractivity contribution is -0.147. The summed E-state index contributed by atoms with van der Waals surface area (Å²) in [5.74, 6) is 0.146. The van der Waals surface area contributed by atoms with Gasteiger partial charge in [-0.15, -0.1) is 0 Å². The highest BCUT2D eigenvalue weighted by molar-refractivity contribution is 6.32. The first kappa shape index (κ1) is 26.8. The first-order valence-corrected chi connectivity index (χ1v) is 11.7. The molecule has 0 bridgehead atoms. The molecule has 3 aromatic carbocycles. The predicted molar refractivity (Wildman–Crippen MR) is 138 cm³/mol. The number of carbonyl (C=O) groups excluding carboxylic acids is 3. The van der Waals surface area contributed by atoms with Gasteiger partial charge < -0.3 is 24.8 Å². The van der Waals surface area contributed by atoms with Crippen LogP contribution in [0, 0.1) is 0 Å². The summed E-state index contributed by atoms with van der Waals surface area (Å²) in [4.78, 5) is 36.2. The zero-order valence-corrected chi connectivity index (χ0v) is 20.9. The molecule has 8 nitrogen and oxygen atoms in total. The average molecular weight is 531 g/mol. The van der Waals surface area contributed by atoms with E-state index in [0.717, 1.165) is 0 Å². The van der Waals surface area contributed by atoms with Crippen molar-refractivity contribution in [3.05, 3.63) is 76.8 Å². The lowest BCUT2D eigenvalue weighted by Crippen LogP contribution is -2.21. The van der Waals surface area contributed by atoms with Crippen LogP contribution in [0.2, 0.25) is 10.0 Å². The third-order valence-electron chi connectivity index (χ3n) is 4.79. The van der Waals surface area contributed by atoms with Gasteiger partial charge in [0.1, 0.15) is 17.2 Å². The fraction of sp³-hybridized carbons (Fsp3) is 0.192. The molecule has 36 heavy (non-hydrogen) atoms. The van der Waals surface area contributed by atoms with Gasteiger partial charge in [-0.3, -0.25) is 14.4 Å². The highest BCUT2D eigenvalue weighted by atomic mass is 35.5. The zero-order chi connectivity index (χ0) is 25.9. The molecule has 0 saturated heterocycles. The van der Waals surface area contributed by atoms with Crippen molar-refractivity contribution in [2.75, 3.05) is 24.4 Å². The van der Waals surface area contributed by atoms with Crippen LogP contribution in [0.4, 0.5) is 11.4 Å². The van der Waals surface area contributed by atoms with Gasteiger partial charge in [-0.1, -0.05) is 35.3 Å². The van der Waals surface area contributed by atoms with E-state index in [1.807, 2.05) is 12.1 Å². The SMILES string of the molecule is COc1ccc(Cl)cc1NC(=O)COC(=O)CCCC(=O)Nc1ccc(Oc2ccccc2Cl)cc1. The second-order valence-corrected chi connectivity index (χ2v) is 8.36. The molecular formula is C26H24Cl2N2O6. The normalized spacial score (nSPS) is 10.3. The molecule has 0 atom stereocenters. The molecule has 0 unspecified atom stereocenters. The quantitative estimate of drug-likeness (QED) is 0.291. The van der Waals surface area contributed by atoms with Gasteiger partial charge in [0.2, 0.25) is 5.91 Å². The summed E-state index contributed by atoms with van der Waals surface area (Å²) in [5, 5.41) is 6.24. The van der Waals surface area contributed by atoms with Crippen LogP contribution in [0.1, 0.15) is 19.3 Å². The van der Waals surface area contributed by atoms with Gasteiger partial charge in [0.05, 0.1) is 17.8 Å². The lowest BCUT2D eigenvalue weighted by atomic mass is 10.2. The molecule has 0 fully saturated rings. The molecule has 2 amide bonds. The smallest absolute Gasteiger partial charge is 0.306 e. The summed E-state index contributed by atoms with van der Waals surface area (Å²) in [6.07, 6.45) is 0.368. The molecule has 2 N–H and O–H groups in total. The summed E-state index contributed by atoms with van der Waals surface area (Å²) in [7, 11) is 1.46. The van der Waals surface area contributed by atoms with Crippen molar-refractivity contribution in [1.29, 1.82) is 0 Å². The number of esters is 1. The zero-order valence-electron chi connectivity index (χ0n) is 19.4. The second-order valence-electron chi connectivity index (χ2n) is 7.51. The Bertz CT molecular complexity index is 1220. The largest absolute Gasteiger partial charge is 0.495 e. The van der Waals surface area contributed by atoms with Crippen LogP contribution < -0.4 is 20.1 Å². The van der Waals surface area contributed by atoms with Gasteiger partial charge in [0.25, 0.3) is 5.91 Å². The summed E-state index contributed by atoms with van der Waals surface area (Å²) in [6.45, 7) is -0.469. The van der Waals surface area contributed by atoms with Crippen molar-refractivity contribution in [3.63, 3.8) is 0 Å². The van der Waals surface area contributed by atoms with Crippen LogP contribution >= 0.6 is 23.2 Å². The van der Waals surface area contributed by atoms with Crippen molar-refractivity contribution in [2.45, 2.75) is 19.3 Å². The van der Waals surface area contributed by atoms with Gasteiger partial charge in [0, 0.05) is 23.6 Å². The number of carbonyl (C=O) groups is 3. The van der Waals surface area contributed by atoms with Crippen LogP contribution in [-0.4, -0.2) is 31.5 Å². The number of benzene rings is 3. The van der Waals surface area contributed by atoms with Gasteiger partial charge in [0.15, 0.2) is 6.61 Å². The third kappa shape index (κ3) is 8.48. The Labute approximate surface area is 218 Å². The lowest BCUT2D eigenvalue weighted by Gasteiger charge is -2.11. The number of halogens is 2. The number of ether oxygens (including phenoxy) is 3. The van der Waals surface area contributed by atoms with E-state index in [-0.39, 0.29) is 25.2 Å². The van der Waals surface area contributed by atoms with Crippen molar-refractivity contribution >= 4 is 52.4 Å². The van der Waals surface area contributed by atoms with E-state index in [4.69, 9.17) is 37.4 Å². The summed E-state index contributed by atoms with van der Waals surface area (Å²) < 4.78 is 15.8. The number of hydrogen-bond acceptors (Lipinski definition) is 6. The summed E-state index contributed by atoms with van der Waals surface area (Å²) in [6, 6.07) is 18.7. The topological polar surface area (TPSA) is 103 Å². The Kier molecular flexibility index (Phi) is 9.97. The van der Waals surface area contributed by atoms with E-state index in [2.05, 4.69) is 10.6 Å². The Morgan fingerprint density at radius 1 is 0.833 bits per heavy atom. The Morgan fingerprint density at radius 3 is 2.31 bits per heavy atom. The molecule has 0 spiro atoms. The first-order chi connectivity index (χ1) is 17.3. The molecule has 0 radical (unpaired) electrons. The molecule has 10 heteroatoms. The van der Waals surface area contributed by atoms with Gasteiger partial charge >= 0.3 is 5.97 Å². The summed E-state index contributed by atoms with van der Waals surface area (Å²) >= 11 is 12.0. The fourth-order valence-electron chi connectivity index (χ4n) is 3.06. The highest BCUT2D eigenvalue weighted by Gasteiger charge is 2.12. The van der Waals surface area contributed by atoms with E-state index >= 15 is 0 Å². The fourth-order valence-corrected chi connectivity index (χ4v) is 3.41. The molecular weight excluding hydrogens is 507 g/mol. The van der Waals surface area contributed by atoms with E-state index in [1.165, 1.54) is 13.2 Å². The molecule has 0 aliphatic rings. The van der Waals surface area contributed by atoms with Crippen molar-refractivity contribution in [2.24, 2.45) is 0 Å². The van der Waals surface area contributed by atoms with Crippen LogP contribution in [0.5, 0.6) is 17.2 Å². The average Bonchev–Trinajstić information content (AvgIpc) is 2.85. The van der Waals surface area contributed by atoms with Crippen LogP contribution in [0.3, 0.4) is 0 Å². The number of para-hydroxylation sites is 1. The van der Waals surface area contributed by atoms with E-state index in [1.54, 1.807) is 48.5 Å². The Morgan fingerprint density at radius 2 is 1.58 bits per heavy atom. The minimum absolute atomic E-state index is 0.00814. The molecule has 0 heterocycles. The Balaban J connectivity index is 1.35. The molecule has 188 valence electrons. The van der Waals surface area contributed by atoms with E-state index in [9.17, 15) is 14.4 Å². The monoisotopic (exact) mass is 530 g/mol. The first-order valence-electron chi connectivity index (χ1n) is 11.0. The third-order valence-corrected chi connectivity index (χ3v) is 5.33. The molecule has 3 rings (SSSR count). The van der Waals surface area contributed by atoms with Gasteiger partial charge in [-0.25, -0.2) is 0 Å². The van der Waals surface area contributed by atoms with Crippen LogP contribution in [0.15, 0.2) is 66.7 Å². The standard InChI is InChI=1S/C26H24Cl2N2O6/c1-34-23-14-9-17(27)15-21(23)30-25(32)16-35-26(33)8-4-7-24(31)29-18-10-12-19(13-11-18)36-22-6-3-2-5-20(22)28/h2-3,5-6,9-15H,4,7-8,16H2,1H3,(H,29,31)(H,30,32). The van der Waals surface area contributed by atoms with Gasteiger partial charge in [-0.05, 0) is 61.0 Å². The maximum absolute atomic E-state index is 12.2. The minimum Gasteiger partial charge on any atom is -0.495 e. The molecule has 0 saturated carbocycles. The number of rotatable bonds is 11. The minimum atomic E-state index is -0.586. The molecule has 0 aromatic heterocycles. The number of methoxy groups -OCH3 is 1. The van der Waals surface area contributed by atoms with Gasteiger partial charge in [-0.2, -0.15) is 0 Å². The van der Waals surface area contributed by atoms with Crippen LogP contribution in [0.25, 0.3) is 0 Å². The number of anilines is 2. The summed E-state index contributed by atoms with van der Waals surface area (Å²) in [5.41, 5.74) is 0.952. The van der Waals surface area contributed by atoms with Crippen molar-refractivity contribution in [1.82, 2.24) is 0 Å². The van der Waals surface area contributed by atoms with E-state index < -0.39 is 18.5 Å². The number of hydrogen-bond donors (Lipinski definition) is 2. The number of amides is 2. The molecule has 0 aliphatic carbocycles. The van der Waals surface area contributed by atoms with E-state index in [0.29, 0.717) is 38.7 Å². The second kappa shape index (κ2) is 13.4. The molecule has 3 aromatic rings. The van der Waals surface area contributed by atoms with Crippen molar-refractivity contribution < 1.29 is 28.6 Å². The number of nitrogens with one attached hydrogen (secondary N) is 2. The maximum atomic E-state index is 12.2. The predicted octanol–water partition coefficient (Wildman–Crippen LogP) is 6.09.